The van der Waals surface area contributed by atoms with Gasteiger partial charge in [-0.05, 0) is 36.8 Å². The van der Waals surface area contributed by atoms with Gasteiger partial charge in [0.1, 0.15) is 17.4 Å². The molecule has 1 saturated heterocycles. The Labute approximate surface area is 182 Å². The van der Waals surface area contributed by atoms with Gasteiger partial charge >= 0.3 is 0 Å². The van der Waals surface area contributed by atoms with Gasteiger partial charge in [-0.3, -0.25) is 14.5 Å². The Morgan fingerprint density at radius 2 is 1.74 bits per heavy atom. The number of carbonyl (C=O) groups excluding carboxylic acids is 2. The third-order valence-electron chi connectivity index (χ3n) is 5.07. The molecular weight excluding hydrogens is 424 g/mol. The molecule has 1 N–H and O–H groups in total. The van der Waals surface area contributed by atoms with Crippen molar-refractivity contribution in [3.05, 3.63) is 106 Å². The number of nitrogens with zero attached hydrogens (tertiary/aromatic N) is 1. The lowest BCUT2D eigenvalue weighted by Crippen LogP contribution is -2.30. The van der Waals surface area contributed by atoms with E-state index in [0.717, 1.165) is 28.7 Å². The van der Waals surface area contributed by atoms with Gasteiger partial charge in [-0.1, -0.05) is 53.6 Å². The Balaban J connectivity index is 2.00. The molecule has 1 atom stereocenters. The summed E-state index contributed by atoms with van der Waals surface area (Å²) in [5, 5.41) is 11.3. The summed E-state index contributed by atoms with van der Waals surface area (Å²) >= 11 is 6.01. The fourth-order valence-electron chi connectivity index (χ4n) is 3.70. The molecule has 4 nitrogen and oxygen atoms in total. The van der Waals surface area contributed by atoms with Crippen molar-refractivity contribution in [1.29, 1.82) is 0 Å². The van der Waals surface area contributed by atoms with Crippen molar-refractivity contribution >= 4 is 34.7 Å². The van der Waals surface area contributed by atoms with Gasteiger partial charge in [0.15, 0.2) is 0 Å². The van der Waals surface area contributed by atoms with Crippen LogP contribution in [0.4, 0.5) is 14.5 Å². The summed E-state index contributed by atoms with van der Waals surface area (Å²) in [4.78, 5) is 26.8. The number of aliphatic hydroxyl groups excluding tert-OH is 1. The molecule has 0 saturated carbocycles. The Morgan fingerprint density at radius 3 is 2.45 bits per heavy atom. The molecule has 0 spiro atoms. The predicted octanol–water partition coefficient (Wildman–Crippen LogP) is 5.55. The lowest BCUT2D eigenvalue weighted by Gasteiger charge is -2.26. The van der Waals surface area contributed by atoms with Crippen LogP contribution in [0.3, 0.4) is 0 Å². The number of carbonyl (C=O) groups is 2. The highest BCUT2D eigenvalue weighted by Gasteiger charge is 2.47. The first kappa shape index (κ1) is 20.8. The van der Waals surface area contributed by atoms with E-state index in [0.29, 0.717) is 10.6 Å². The van der Waals surface area contributed by atoms with E-state index in [1.807, 2.05) is 13.0 Å². The number of aryl methyl sites for hydroxylation is 1. The summed E-state index contributed by atoms with van der Waals surface area (Å²) in [5.41, 5.74) is 0.889. The zero-order chi connectivity index (χ0) is 22.3. The second-order valence-corrected chi connectivity index (χ2v) is 7.63. The molecule has 156 valence electrons. The Kier molecular flexibility index (Phi) is 5.33. The number of amides is 1. The molecular formula is C24H16ClF2NO3. The van der Waals surface area contributed by atoms with Crippen LogP contribution < -0.4 is 4.90 Å². The van der Waals surface area contributed by atoms with E-state index < -0.39 is 40.8 Å². The molecule has 1 heterocycles. The van der Waals surface area contributed by atoms with Crippen LogP contribution in [0.2, 0.25) is 5.02 Å². The smallest absolute Gasteiger partial charge is 0.300 e. The van der Waals surface area contributed by atoms with Gasteiger partial charge in [-0.25, -0.2) is 8.78 Å². The lowest BCUT2D eigenvalue weighted by molar-refractivity contribution is -0.132. The van der Waals surface area contributed by atoms with Gasteiger partial charge in [0, 0.05) is 16.7 Å². The predicted molar refractivity (Wildman–Crippen MR) is 114 cm³/mol. The van der Waals surface area contributed by atoms with Crippen molar-refractivity contribution in [3.8, 4) is 0 Å². The van der Waals surface area contributed by atoms with Gasteiger partial charge in [0.25, 0.3) is 11.7 Å². The van der Waals surface area contributed by atoms with Crippen LogP contribution in [0.15, 0.2) is 72.3 Å². The summed E-state index contributed by atoms with van der Waals surface area (Å²) in [7, 11) is 0. The first-order chi connectivity index (χ1) is 14.8. The van der Waals surface area contributed by atoms with Crippen LogP contribution in [0.1, 0.15) is 22.7 Å². The van der Waals surface area contributed by atoms with Crippen LogP contribution >= 0.6 is 11.6 Å². The standard InChI is InChI=1S/C24H16ClF2NO3/c1-13-4-2-5-14(10-13)21-20(22(29)15-6-3-7-16(25)11-15)23(30)24(31)28(21)19-12-17(26)8-9-18(19)27/h2-12,21,29H,1H3/b22-20+. The zero-order valence-corrected chi connectivity index (χ0v) is 17.0. The van der Waals surface area contributed by atoms with Gasteiger partial charge < -0.3 is 5.11 Å². The number of hydrogen-bond donors (Lipinski definition) is 1. The summed E-state index contributed by atoms with van der Waals surface area (Å²) in [6.07, 6.45) is 0. The molecule has 7 heteroatoms. The van der Waals surface area contributed by atoms with Crippen molar-refractivity contribution in [3.63, 3.8) is 0 Å². The number of anilines is 1. The SMILES string of the molecule is Cc1cccc(C2/C(=C(\O)c3cccc(Cl)c3)C(=O)C(=O)N2c2cc(F)ccc2F)c1. The number of ketones is 1. The summed E-state index contributed by atoms with van der Waals surface area (Å²) in [6, 6.07) is 14.5. The van der Waals surface area contributed by atoms with Crippen molar-refractivity contribution in [1.82, 2.24) is 0 Å². The lowest BCUT2D eigenvalue weighted by atomic mass is 9.94. The van der Waals surface area contributed by atoms with Gasteiger partial charge in [0.05, 0.1) is 17.3 Å². The number of aliphatic hydroxyl groups is 1. The molecule has 4 rings (SSSR count). The fourth-order valence-corrected chi connectivity index (χ4v) is 3.89. The van der Waals surface area contributed by atoms with Crippen LogP contribution in [-0.2, 0) is 9.59 Å². The van der Waals surface area contributed by atoms with Crippen LogP contribution in [0, 0.1) is 18.6 Å². The molecule has 0 bridgehead atoms. The molecule has 1 unspecified atom stereocenters. The van der Waals surface area contributed by atoms with E-state index >= 15 is 0 Å². The molecule has 1 amide bonds. The third-order valence-corrected chi connectivity index (χ3v) is 5.30. The Hall–Kier alpha value is -3.51. The topological polar surface area (TPSA) is 57.6 Å². The number of rotatable bonds is 3. The van der Waals surface area contributed by atoms with Crippen molar-refractivity contribution in [2.45, 2.75) is 13.0 Å². The van der Waals surface area contributed by atoms with Crippen LogP contribution in [0.25, 0.3) is 5.76 Å². The number of halogens is 3. The molecule has 3 aromatic rings. The van der Waals surface area contributed by atoms with Crippen molar-refractivity contribution in [2.75, 3.05) is 4.90 Å². The normalized spacial score (nSPS) is 17.9. The van der Waals surface area contributed by atoms with E-state index in [2.05, 4.69) is 0 Å². The second kappa shape index (κ2) is 7.96. The molecule has 1 fully saturated rings. The minimum absolute atomic E-state index is 0.225. The summed E-state index contributed by atoms with van der Waals surface area (Å²) in [5.74, 6) is -4.17. The second-order valence-electron chi connectivity index (χ2n) is 7.19. The average Bonchev–Trinajstić information content (AvgIpc) is 3.00. The van der Waals surface area contributed by atoms with Crippen molar-refractivity contribution in [2.24, 2.45) is 0 Å². The molecule has 0 radical (unpaired) electrons. The van der Waals surface area contributed by atoms with Gasteiger partial charge in [-0.15, -0.1) is 0 Å². The van der Waals surface area contributed by atoms with E-state index in [-0.39, 0.29) is 11.1 Å². The first-order valence-electron chi connectivity index (χ1n) is 9.36. The monoisotopic (exact) mass is 439 g/mol. The summed E-state index contributed by atoms with van der Waals surface area (Å²) in [6.45, 7) is 1.81. The summed E-state index contributed by atoms with van der Waals surface area (Å²) < 4.78 is 28.5. The maximum Gasteiger partial charge on any atom is 0.300 e. The highest BCUT2D eigenvalue weighted by atomic mass is 35.5. The van der Waals surface area contributed by atoms with Crippen LogP contribution in [-0.4, -0.2) is 16.8 Å². The number of hydrogen-bond acceptors (Lipinski definition) is 3. The molecule has 0 aliphatic carbocycles. The quantitative estimate of drug-likeness (QED) is 0.330. The van der Waals surface area contributed by atoms with E-state index in [1.165, 1.54) is 12.1 Å². The maximum atomic E-state index is 14.6. The van der Waals surface area contributed by atoms with E-state index in [9.17, 15) is 23.5 Å². The molecule has 31 heavy (non-hydrogen) atoms. The zero-order valence-electron chi connectivity index (χ0n) is 16.3. The molecule has 1 aliphatic rings. The maximum absolute atomic E-state index is 14.6. The van der Waals surface area contributed by atoms with Crippen molar-refractivity contribution < 1.29 is 23.5 Å². The van der Waals surface area contributed by atoms with E-state index in [1.54, 1.807) is 30.3 Å². The molecule has 1 aliphatic heterocycles. The van der Waals surface area contributed by atoms with Gasteiger partial charge in [0.2, 0.25) is 0 Å². The fraction of sp³-hybridized carbons (Fsp3) is 0.0833. The van der Waals surface area contributed by atoms with E-state index in [4.69, 9.17) is 11.6 Å². The number of Topliss-reactive ketones (excluding diaryl/α,β-unsaturated/α-hetero) is 1. The average molecular weight is 440 g/mol. The highest BCUT2D eigenvalue weighted by molar-refractivity contribution is 6.51. The third kappa shape index (κ3) is 3.70. The number of benzene rings is 3. The minimum atomic E-state index is -1.16. The van der Waals surface area contributed by atoms with Crippen LogP contribution in [0.5, 0.6) is 0 Å². The van der Waals surface area contributed by atoms with Gasteiger partial charge in [-0.2, -0.15) is 0 Å². The first-order valence-corrected chi connectivity index (χ1v) is 9.74. The Bertz CT molecular complexity index is 1260. The largest absolute Gasteiger partial charge is 0.507 e. The molecule has 3 aromatic carbocycles. The Morgan fingerprint density at radius 1 is 1.00 bits per heavy atom. The molecule has 0 aromatic heterocycles. The highest BCUT2D eigenvalue weighted by Crippen LogP contribution is 2.43. The minimum Gasteiger partial charge on any atom is -0.507 e.